The summed E-state index contributed by atoms with van der Waals surface area (Å²) >= 11 is 0. The number of aryl methyl sites for hydroxylation is 2. The van der Waals surface area contributed by atoms with Crippen LogP contribution in [0.3, 0.4) is 0 Å². The Hall–Kier alpha value is -1.86. The number of rotatable bonds is 5. The highest BCUT2D eigenvalue weighted by Crippen LogP contribution is 2.17. The Bertz CT molecular complexity index is 474. The lowest BCUT2D eigenvalue weighted by Gasteiger charge is -2.08. The van der Waals surface area contributed by atoms with Gasteiger partial charge in [0.15, 0.2) is 0 Å². The SMILES string of the molecule is FC(F)(F)Cn1ncnc1CCCc1cn[nH]c1. The van der Waals surface area contributed by atoms with E-state index in [9.17, 15) is 13.2 Å². The van der Waals surface area contributed by atoms with E-state index in [2.05, 4.69) is 20.3 Å². The van der Waals surface area contributed by atoms with Crippen molar-refractivity contribution in [3.8, 4) is 0 Å². The first kappa shape index (κ1) is 12.6. The van der Waals surface area contributed by atoms with Crippen LogP contribution in [0.5, 0.6) is 0 Å². The molecule has 0 aromatic carbocycles. The van der Waals surface area contributed by atoms with Crippen LogP contribution < -0.4 is 0 Å². The summed E-state index contributed by atoms with van der Waals surface area (Å²) in [6.45, 7) is -1.09. The molecule has 0 atom stereocenters. The van der Waals surface area contributed by atoms with Crippen molar-refractivity contribution in [3.63, 3.8) is 0 Å². The van der Waals surface area contributed by atoms with Crippen LogP contribution in [-0.2, 0) is 19.4 Å². The van der Waals surface area contributed by atoms with E-state index in [1.54, 1.807) is 12.4 Å². The van der Waals surface area contributed by atoms with Gasteiger partial charge in [0, 0.05) is 12.6 Å². The molecule has 0 saturated carbocycles. The summed E-state index contributed by atoms with van der Waals surface area (Å²) in [5.74, 6) is 0.357. The highest BCUT2D eigenvalue weighted by atomic mass is 19.4. The number of alkyl halides is 3. The Kier molecular flexibility index (Phi) is 3.63. The summed E-state index contributed by atoms with van der Waals surface area (Å²) in [5, 5.41) is 10.1. The van der Waals surface area contributed by atoms with Gasteiger partial charge in [-0.05, 0) is 18.4 Å². The lowest BCUT2D eigenvalue weighted by atomic mass is 10.1. The molecule has 98 valence electrons. The zero-order valence-electron chi connectivity index (χ0n) is 9.48. The van der Waals surface area contributed by atoms with Crippen LogP contribution >= 0.6 is 0 Å². The zero-order valence-corrected chi connectivity index (χ0v) is 9.48. The van der Waals surface area contributed by atoms with Gasteiger partial charge in [-0.3, -0.25) is 5.10 Å². The van der Waals surface area contributed by atoms with Crippen LogP contribution in [0.15, 0.2) is 18.7 Å². The molecule has 2 aromatic rings. The molecule has 5 nitrogen and oxygen atoms in total. The van der Waals surface area contributed by atoms with Crippen molar-refractivity contribution in [2.75, 3.05) is 0 Å². The van der Waals surface area contributed by atoms with Crippen LogP contribution in [0, 0.1) is 0 Å². The average molecular weight is 259 g/mol. The van der Waals surface area contributed by atoms with Gasteiger partial charge in [0.2, 0.25) is 0 Å². The Morgan fingerprint density at radius 3 is 2.78 bits per heavy atom. The fraction of sp³-hybridized carbons (Fsp3) is 0.500. The molecule has 0 unspecified atom stereocenters. The van der Waals surface area contributed by atoms with E-state index in [1.807, 2.05) is 0 Å². The predicted octanol–water partition coefficient (Wildman–Crippen LogP) is 1.74. The second-order valence-corrected chi connectivity index (χ2v) is 3.91. The van der Waals surface area contributed by atoms with E-state index in [-0.39, 0.29) is 0 Å². The molecule has 8 heteroatoms. The predicted molar refractivity (Wildman–Crippen MR) is 56.7 cm³/mol. The minimum atomic E-state index is -4.27. The molecular formula is C10H12F3N5. The third-order valence-corrected chi connectivity index (χ3v) is 2.45. The summed E-state index contributed by atoms with van der Waals surface area (Å²) in [6, 6.07) is 0. The molecule has 1 N–H and O–H groups in total. The van der Waals surface area contributed by atoms with Gasteiger partial charge in [0.25, 0.3) is 0 Å². The molecule has 0 aliphatic carbocycles. The van der Waals surface area contributed by atoms with Gasteiger partial charge >= 0.3 is 6.18 Å². The Morgan fingerprint density at radius 1 is 1.28 bits per heavy atom. The van der Waals surface area contributed by atoms with E-state index in [1.165, 1.54) is 0 Å². The average Bonchev–Trinajstić information content (AvgIpc) is 2.89. The van der Waals surface area contributed by atoms with E-state index >= 15 is 0 Å². The monoisotopic (exact) mass is 259 g/mol. The Balaban J connectivity index is 1.88. The molecule has 0 aliphatic heterocycles. The second kappa shape index (κ2) is 5.19. The van der Waals surface area contributed by atoms with E-state index in [0.717, 1.165) is 23.0 Å². The number of aromatic amines is 1. The van der Waals surface area contributed by atoms with E-state index < -0.39 is 12.7 Å². The topological polar surface area (TPSA) is 59.4 Å². The third kappa shape index (κ3) is 3.57. The highest BCUT2D eigenvalue weighted by Gasteiger charge is 2.29. The number of aromatic nitrogens is 5. The molecule has 2 rings (SSSR count). The fourth-order valence-electron chi connectivity index (χ4n) is 1.65. The lowest BCUT2D eigenvalue weighted by molar-refractivity contribution is -0.143. The summed E-state index contributed by atoms with van der Waals surface area (Å²) in [5.41, 5.74) is 1.02. The zero-order chi connectivity index (χ0) is 13.0. The smallest absolute Gasteiger partial charge is 0.285 e. The first-order valence-electron chi connectivity index (χ1n) is 5.46. The summed E-state index contributed by atoms with van der Waals surface area (Å²) in [6.07, 6.45) is 2.25. The number of H-pyrrole nitrogens is 1. The van der Waals surface area contributed by atoms with Gasteiger partial charge in [0.1, 0.15) is 18.7 Å². The molecule has 18 heavy (non-hydrogen) atoms. The summed E-state index contributed by atoms with van der Waals surface area (Å²) in [7, 11) is 0. The minimum absolute atomic E-state index is 0.357. The molecule has 0 bridgehead atoms. The standard InChI is InChI=1S/C10H12F3N5/c11-10(12,13)6-18-9(14-7-17-18)3-1-2-8-4-15-16-5-8/h4-5,7H,1-3,6H2,(H,15,16). The lowest BCUT2D eigenvalue weighted by Crippen LogP contribution is -2.20. The van der Waals surface area contributed by atoms with Crippen molar-refractivity contribution in [2.45, 2.75) is 32.0 Å². The van der Waals surface area contributed by atoms with Crippen molar-refractivity contribution >= 4 is 0 Å². The quantitative estimate of drug-likeness (QED) is 0.889. The molecule has 0 fully saturated rings. The van der Waals surface area contributed by atoms with Gasteiger partial charge in [-0.2, -0.15) is 23.4 Å². The maximum absolute atomic E-state index is 12.2. The first-order chi connectivity index (χ1) is 8.54. The van der Waals surface area contributed by atoms with Crippen LogP contribution in [0.1, 0.15) is 17.8 Å². The van der Waals surface area contributed by atoms with Crippen molar-refractivity contribution in [1.29, 1.82) is 0 Å². The molecule has 0 saturated heterocycles. The van der Waals surface area contributed by atoms with Gasteiger partial charge in [-0.15, -0.1) is 0 Å². The molecule has 0 amide bonds. The number of hydrogen-bond acceptors (Lipinski definition) is 3. The van der Waals surface area contributed by atoms with Gasteiger partial charge in [-0.25, -0.2) is 9.67 Å². The fourth-order valence-corrected chi connectivity index (χ4v) is 1.65. The number of nitrogens with zero attached hydrogens (tertiary/aromatic N) is 4. The molecular weight excluding hydrogens is 247 g/mol. The van der Waals surface area contributed by atoms with Crippen molar-refractivity contribution < 1.29 is 13.2 Å². The van der Waals surface area contributed by atoms with Crippen LogP contribution in [0.25, 0.3) is 0 Å². The van der Waals surface area contributed by atoms with Crippen LogP contribution in [0.2, 0.25) is 0 Å². The van der Waals surface area contributed by atoms with E-state index in [4.69, 9.17) is 0 Å². The molecule has 0 spiro atoms. The number of hydrogen-bond donors (Lipinski definition) is 1. The first-order valence-corrected chi connectivity index (χ1v) is 5.46. The normalized spacial score (nSPS) is 11.9. The Labute approximate surface area is 101 Å². The summed E-state index contributed by atoms with van der Waals surface area (Å²) < 4.78 is 37.6. The van der Waals surface area contributed by atoms with Crippen LogP contribution in [0.4, 0.5) is 13.2 Å². The maximum Gasteiger partial charge on any atom is 0.408 e. The number of nitrogens with one attached hydrogen (secondary N) is 1. The van der Waals surface area contributed by atoms with Gasteiger partial charge < -0.3 is 0 Å². The van der Waals surface area contributed by atoms with Crippen molar-refractivity contribution in [2.24, 2.45) is 0 Å². The van der Waals surface area contributed by atoms with Gasteiger partial charge in [-0.1, -0.05) is 0 Å². The van der Waals surface area contributed by atoms with Crippen LogP contribution in [-0.4, -0.2) is 31.1 Å². The van der Waals surface area contributed by atoms with Crippen molar-refractivity contribution in [1.82, 2.24) is 25.0 Å². The minimum Gasteiger partial charge on any atom is -0.285 e. The second-order valence-electron chi connectivity index (χ2n) is 3.91. The molecule has 0 radical (unpaired) electrons. The van der Waals surface area contributed by atoms with Gasteiger partial charge in [0.05, 0.1) is 6.20 Å². The Morgan fingerprint density at radius 2 is 2.11 bits per heavy atom. The summed E-state index contributed by atoms with van der Waals surface area (Å²) in [4.78, 5) is 3.85. The molecule has 0 aliphatic rings. The largest absolute Gasteiger partial charge is 0.408 e. The van der Waals surface area contributed by atoms with E-state index in [0.29, 0.717) is 18.7 Å². The maximum atomic E-state index is 12.2. The molecule has 2 aromatic heterocycles. The number of halogens is 3. The molecule has 2 heterocycles. The third-order valence-electron chi connectivity index (χ3n) is 2.45. The van der Waals surface area contributed by atoms with Crippen molar-refractivity contribution in [3.05, 3.63) is 30.1 Å². The highest BCUT2D eigenvalue weighted by molar-refractivity contribution is 5.02.